The number of amides is 2. The normalized spacial score (nSPS) is 14.1. The molecule has 0 aromatic heterocycles. The fourth-order valence-electron chi connectivity index (χ4n) is 3.21. The molecule has 1 heterocycles. The van der Waals surface area contributed by atoms with E-state index in [1.165, 1.54) is 9.80 Å². The minimum atomic E-state index is -0.707. The number of rotatable bonds is 3. The number of carbonyl (C=O) groups is 3. The van der Waals surface area contributed by atoms with Crippen molar-refractivity contribution in [2.45, 2.75) is 52.7 Å². The van der Waals surface area contributed by atoms with Crippen molar-refractivity contribution in [3.63, 3.8) is 0 Å². The van der Waals surface area contributed by atoms with Gasteiger partial charge in [-0.2, -0.15) is 0 Å². The lowest BCUT2D eigenvalue weighted by molar-refractivity contribution is 0.0374. The Labute approximate surface area is 200 Å². The Morgan fingerprint density at radius 1 is 0.706 bits per heavy atom. The Bertz CT molecular complexity index is 1040. The van der Waals surface area contributed by atoms with Crippen molar-refractivity contribution in [1.82, 2.24) is 9.80 Å². The van der Waals surface area contributed by atoms with Gasteiger partial charge in [-0.3, -0.25) is 4.79 Å². The Balaban J connectivity index is 1.91. The van der Waals surface area contributed by atoms with Gasteiger partial charge in [-0.1, -0.05) is 30.3 Å². The number of carbonyl (C=O) groups excluding carboxylic acids is 3. The van der Waals surface area contributed by atoms with E-state index in [9.17, 15) is 14.4 Å². The third-order valence-corrected chi connectivity index (χ3v) is 4.65. The first-order valence-corrected chi connectivity index (χ1v) is 11.1. The van der Waals surface area contributed by atoms with Gasteiger partial charge in [0, 0.05) is 11.1 Å². The maximum atomic E-state index is 12.8. The quantitative estimate of drug-likeness (QED) is 0.567. The summed E-state index contributed by atoms with van der Waals surface area (Å²) >= 11 is 0. The van der Waals surface area contributed by atoms with Crippen LogP contribution in [-0.2, 0) is 9.47 Å². The van der Waals surface area contributed by atoms with Crippen molar-refractivity contribution in [2.24, 2.45) is 4.99 Å². The number of ketones is 1. The van der Waals surface area contributed by atoms with Crippen molar-refractivity contribution in [3.8, 4) is 0 Å². The van der Waals surface area contributed by atoms with Crippen LogP contribution in [0.5, 0.6) is 0 Å². The van der Waals surface area contributed by atoms with Gasteiger partial charge in [-0.25, -0.2) is 24.4 Å². The predicted octanol–water partition coefficient (Wildman–Crippen LogP) is 5.39. The lowest BCUT2D eigenvalue weighted by Crippen LogP contribution is -2.44. The molecular weight excluding hydrogens is 434 g/mol. The highest BCUT2D eigenvalue weighted by atomic mass is 16.6. The molecule has 1 aliphatic heterocycles. The van der Waals surface area contributed by atoms with Crippen molar-refractivity contribution in [2.75, 3.05) is 13.1 Å². The fourth-order valence-corrected chi connectivity index (χ4v) is 3.21. The summed E-state index contributed by atoms with van der Waals surface area (Å²) in [5, 5.41) is 0. The average molecular weight is 466 g/mol. The van der Waals surface area contributed by atoms with Crippen LogP contribution in [-0.4, -0.2) is 58.0 Å². The molecule has 0 atom stereocenters. The molecular formula is C26H31N3O5. The maximum Gasteiger partial charge on any atom is 0.417 e. The van der Waals surface area contributed by atoms with Crippen LogP contribution in [0.25, 0.3) is 0 Å². The molecule has 1 fully saturated rings. The van der Waals surface area contributed by atoms with E-state index in [1.807, 2.05) is 18.2 Å². The van der Waals surface area contributed by atoms with Crippen LogP contribution in [0.1, 0.15) is 57.5 Å². The molecule has 2 amide bonds. The standard InChI is InChI=1S/C26H31N3O5/c1-25(2,3)33-23(31)28-16-17-29(24(32)34-26(4,5)6)22(28)27-20-14-12-19(13-15-20)21(30)18-10-8-7-9-11-18/h7-15H,16-17H2,1-6H3. The Hall–Kier alpha value is -3.68. The van der Waals surface area contributed by atoms with Crippen molar-refractivity contribution in [1.29, 1.82) is 0 Å². The van der Waals surface area contributed by atoms with E-state index in [0.717, 1.165) is 0 Å². The summed E-state index contributed by atoms with van der Waals surface area (Å²) in [5.74, 6) is 0.0112. The summed E-state index contributed by atoms with van der Waals surface area (Å²) < 4.78 is 11.0. The fraction of sp³-hybridized carbons (Fsp3) is 0.385. The van der Waals surface area contributed by atoms with E-state index in [0.29, 0.717) is 16.8 Å². The molecule has 0 spiro atoms. The Morgan fingerprint density at radius 3 is 1.59 bits per heavy atom. The van der Waals surface area contributed by atoms with E-state index in [1.54, 1.807) is 77.9 Å². The van der Waals surface area contributed by atoms with E-state index in [2.05, 4.69) is 4.99 Å². The zero-order valence-corrected chi connectivity index (χ0v) is 20.5. The van der Waals surface area contributed by atoms with Gasteiger partial charge in [0.15, 0.2) is 5.78 Å². The molecule has 2 aromatic rings. The largest absolute Gasteiger partial charge is 0.443 e. The molecule has 0 N–H and O–H groups in total. The molecule has 0 radical (unpaired) electrons. The van der Waals surface area contributed by atoms with Crippen LogP contribution >= 0.6 is 0 Å². The minimum Gasteiger partial charge on any atom is -0.443 e. The molecule has 0 unspecified atom stereocenters. The average Bonchev–Trinajstić information content (AvgIpc) is 3.16. The maximum absolute atomic E-state index is 12.8. The molecule has 2 aromatic carbocycles. The SMILES string of the molecule is CC(C)(C)OC(=O)N1CCN(C(=O)OC(C)(C)C)C1=Nc1ccc(C(=O)c2ccccc2)cc1. The molecule has 1 saturated heterocycles. The van der Waals surface area contributed by atoms with Gasteiger partial charge in [0.2, 0.25) is 5.96 Å². The van der Waals surface area contributed by atoms with E-state index in [-0.39, 0.29) is 24.8 Å². The molecule has 8 heteroatoms. The summed E-state index contributed by atoms with van der Waals surface area (Å²) in [6, 6.07) is 15.7. The Morgan fingerprint density at radius 2 is 1.15 bits per heavy atom. The third kappa shape index (κ3) is 6.43. The van der Waals surface area contributed by atoms with Crippen LogP contribution in [0.15, 0.2) is 59.6 Å². The van der Waals surface area contributed by atoms with Crippen LogP contribution in [0.4, 0.5) is 15.3 Å². The van der Waals surface area contributed by atoms with Gasteiger partial charge in [0.25, 0.3) is 0 Å². The van der Waals surface area contributed by atoms with Crippen molar-refractivity contribution in [3.05, 3.63) is 65.7 Å². The first kappa shape index (κ1) is 25.0. The molecule has 0 saturated carbocycles. The zero-order valence-electron chi connectivity index (χ0n) is 20.5. The minimum absolute atomic E-state index is 0.105. The van der Waals surface area contributed by atoms with Gasteiger partial charge >= 0.3 is 12.2 Å². The molecule has 34 heavy (non-hydrogen) atoms. The van der Waals surface area contributed by atoms with Crippen molar-refractivity contribution >= 4 is 29.6 Å². The van der Waals surface area contributed by atoms with E-state index < -0.39 is 23.4 Å². The van der Waals surface area contributed by atoms with E-state index in [4.69, 9.17) is 9.47 Å². The lowest BCUT2D eigenvalue weighted by atomic mass is 10.0. The summed E-state index contributed by atoms with van der Waals surface area (Å²) in [6.07, 6.45) is -1.21. The second kappa shape index (κ2) is 9.67. The van der Waals surface area contributed by atoms with Gasteiger partial charge in [-0.15, -0.1) is 0 Å². The van der Waals surface area contributed by atoms with Crippen LogP contribution < -0.4 is 0 Å². The highest BCUT2D eigenvalue weighted by molar-refractivity contribution is 6.09. The van der Waals surface area contributed by atoms with Crippen LogP contribution in [0.3, 0.4) is 0 Å². The number of hydrogen-bond acceptors (Lipinski definition) is 6. The molecule has 1 aliphatic rings. The monoisotopic (exact) mass is 465 g/mol. The van der Waals surface area contributed by atoms with Gasteiger partial charge in [-0.05, 0) is 65.8 Å². The molecule has 8 nitrogen and oxygen atoms in total. The summed E-state index contributed by atoms with van der Waals surface area (Å²) in [7, 11) is 0. The van der Waals surface area contributed by atoms with Gasteiger partial charge in [0.05, 0.1) is 18.8 Å². The first-order chi connectivity index (χ1) is 15.8. The Kier molecular flexibility index (Phi) is 7.09. The lowest BCUT2D eigenvalue weighted by Gasteiger charge is -2.27. The van der Waals surface area contributed by atoms with Gasteiger partial charge in [0.1, 0.15) is 11.2 Å². The smallest absolute Gasteiger partial charge is 0.417 e. The number of hydrogen-bond donors (Lipinski definition) is 0. The summed E-state index contributed by atoms with van der Waals surface area (Å²) in [4.78, 5) is 45.5. The van der Waals surface area contributed by atoms with Crippen LogP contribution in [0.2, 0.25) is 0 Å². The molecule has 0 bridgehead atoms. The number of nitrogens with zero attached hydrogens (tertiary/aromatic N) is 3. The summed E-state index contributed by atoms with van der Waals surface area (Å²) in [6.45, 7) is 11.1. The van der Waals surface area contributed by atoms with Crippen LogP contribution in [0, 0.1) is 0 Å². The highest BCUT2D eigenvalue weighted by Gasteiger charge is 2.39. The number of benzene rings is 2. The van der Waals surface area contributed by atoms with Crippen molar-refractivity contribution < 1.29 is 23.9 Å². The first-order valence-electron chi connectivity index (χ1n) is 11.1. The second-order valence-corrected chi connectivity index (χ2v) is 9.92. The number of aliphatic imine (C=N–C) groups is 1. The highest BCUT2D eigenvalue weighted by Crippen LogP contribution is 2.23. The zero-order chi connectivity index (χ0) is 25.1. The number of ether oxygens (including phenoxy) is 2. The second-order valence-electron chi connectivity index (χ2n) is 9.92. The predicted molar refractivity (Wildman–Crippen MR) is 129 cm³/mol. The van der Waals surface area contributed by atoms with E-state index >= 15 is 0 Å². The number of guanidine groups is 1. The third-order valence-electron chi connectivity index (χ3n) is 4.65. The summed E-state index contributed by atoms with van der Waals surface area (Å²) in [5.41, 5.74) is 0.157. The topological polar surface area (TPSA) is 88.5 Å². The van der Waals surface area contributed by atoms with Gasteiger partial charge < -0.3 is 9.47 Å². The molecule has 3 rings (SSSR count). The molecule has 180 valence electrons. The molecule has 0 aliphatic carbocycles.